The molecule has 0 aliphatic carbocycles. The molecular formula is C4H12SZn. The predicted octanol–water partition coefficient (Wildman–Crippen LogP) is 1.79. The molecule has 0 atom stereocenters. The van der Waals surface area contributed by atoms with E-state index in [9.17, 15) is 0 Å². The van der Waals surface area contributed by atoms with Gasteiger partial charge < -0.3 is 13.8 Å². The van der Waals surface area contributed by atoms with Crippen molar-refractivity contribution in [1.82, 2.24) is 0 Å². The van der Waals surface area contributed by atoms with Gasteiger partial charge in [-0.25, -0.2) is 0 Å². The van der Waals surface area contributed by atoms with E-state index < -0.39 is 0 Å². The first-order chi connectivity index (χ1) is 2.00. The molecule has 0 aromatic carbocycles. The van der Waals surface area contributed by atoms with Crippen LogP contribution in [0, 0.1) is 13.8 Å². The van der Waals surface area contributed by atoms with Crippen molar-refractivity contribution in [2.24, 2.45) is 0 Å². The van der Waals surface area contributed by atoms with Gasteiger partial charge in [0.2, 0.25) is 0 Å². The Balaban J connectivity index is -0.00000000500. The molecule has 0 saturated heterocycles. The van der Waals surface area contributed by atoms with Gasteiger partial charge in [0.1, 0.15) is 0 Å². The van der Waals surface area contributed by atoms with E-state index in [2.05, 4.69) is 13.8 Å². The zero-order valence-corrected chi connectivity index (χ0v) is 8.59. The van der Waals surface area contributed by atoms with Crippen LogP contribution in [0.3, 0.4) is 0 Å². The van der Waals surface area contributed by atoms with Crippen LogP contribution < -0.4 is 0 Å². The minimum atomic E-state index is 0. The van der Waals surface area contributed by atoms with Crippen LogP contribution in [0.2, 0.25) is 0 Å². The first kappa shape index (κ1) is 28.1. The van der Waals surface area contributed by atoms with E-state index in [-0.39, 0.29) is 33.0 Å². The van der Waals surface area contributed by atoms with Crippen molar-refractivity contribution < 1.29 is 19.5 Å². The Morgan fingerprint density at radius 1 is 0.833 bits per heavy atom. The normalized spacial score (nSPS) is 2.00. The molecule has 0 aliphatic heterocycles. The molecule has 0 bridgehead atoms. The molecule has 0 aromatic heterocycles. The Morgan fingerprint density at radius 3 is 0.833 bits per heavy atom. The molecule has 0 rings (SSSR count). The van der Waals surface area contributed by atoms with E-state index in [1.165, 1.54) is 0 Å². The molecule has 2 heteroatoms. The molecule has 0 N–H and O–H groups in total. The topological polar surface area (TPSA) is 0 Å². The molecule has 0 aromatic rings. The smallest absolute Gasteiger partial charge is 0.346 e. The van der Waals surface area contributed by atoms with E-state index in [1.807, 2.05) is 0 Å². The summed E-state index contributed by atoms with van der Waals surface area (Å²) in [6, 6.07) is 0. The second kappa shape index (κ2) is 156. The van der Waals surface area contributed by atoms with Crippen LogP contribution in [-0.4, -0.2) is 0 Å². The second-order valence-electron chi connectivity index (χ2n) is 0. The van der Waals surface area contributed by atoms with E-state index in [0.717, 1.165) is 0 Å². The molecule has 0 unspecified atom stereocenters. The fourth-order valence-corrected chi connectivity index (χ4v) is 0. The Bertz CT molecular complexity index is 7.51. The third-order valence-electron chi connectivity index (χ3n) is 0. The quantitative estimate of drug-likeness (QED) is 0.372. The van der Waals surface area contributed by atoms with Crippen LogP contribution in [-0.2, 0) is 19.5 Å². The largest absolute Gasteiger partial charge is 2.00 e. The van der Waals surface area contributed by atoms with Crippen molar-refractivity contribution >= 4 is 13.5 Å². The van der Waals surface area contributed by atoms with E-state index in [1.54, 1.807) is 13.8 Å². The fourth-order valence-electron chi connectivity index (χ4n) is 0. The van der Waals surface area contributed by atoms with Gasteiger partial charge in [-0.2, -0.15) is 27.3 Å². The molecule has 0 saturated carbocycles. The minimum Gasteiger partial charge on any atom is -0.346 e. The van der Waals surface area contributed by atoms with Gasteiger partial charge in [-0.15, -0.1) is 0 Å². The maximum Gasteiger partial charge on any atom is 2.00 e. The monoisotopic (exact) mass is 156 g/mol. The number of hydrogen-bond donors (Lipinski definition) is 0. The summed E-state index contributed by atoms with van der Waals surface area (Å²) in [5.41, 5.74) is 0. The summed E-state index contributed by atoms with van der Waals surface area (Å²) >= 11 is 0. The third kappa shape index (κ3) is 82.9. The molecule has 0 heterocycles. The van der Waals surface area contributed by atoms with Gasteiger partial charge in [0.25, 0.3) is 0 Å². The van der Waals surface area contributed by atoms with Crippen LogP contribution in [0.25, 0.3) is 0 Å². The van der Waals surface area contributed by atoms with E-state index in [0.29, 0.717) is 0 Å². The van der Waals surface area contributed by atoms with Gasteiger partial charge in [0.15, 0.2) is 0 Å². The average Bonchev–Trinajstić information content (AvgIpc) is 1.50. The summed E-state index contributed by atoms with van der Waals surface area (Å²) in [4.78, 5) is 0. The number of hydrogen-bond acceptors (Lipinski definition) is 0. The molecule has 0 aliphatic rings. The van der Waals surface area contributed by atoms with Gasteiger partial charge in [0.05, 0.1) is 0 Å². The Morgan fingerprint density at radius 2 is 0.833 bits per heavy atom. The summed E-state index contributed by atoms with van der Waals surface area (Å²) < 4.78 is 0. The van der Waals surface area contributed by atoms with Crippen LogP contribution in [0.4, 0.5) is 0 Å². The molecule has 0 radical (unpaired) electrons. The molecule has 0 spiro atoms. The molecule has 0 fully saturated rings. The van der Waals surface area contributed by atoms with Crippen LogP contribution >= 0.6 is 13.5 Å². The van der Waals surface area contributed by atoms with Crippen molar-refractivity contribution in [3.63, 3.8) is 0 Å². The first-order valence-corrected chi connectivity index (χ1v) is 1.41. The third-order valence-corrected chi connectivity index (χ3v) is 0. The van der Waals surface area contributed by atoms with Crippen molar-refractivity contribution in [2.75, 3.05) is 0 Å². The molecular weight excluding hydrogens is 146 g/mol. The van der Waals surface area contributed by atoms with Gasteiger partial charge >= 0.3 is 19.5 Å². The molecule has 0 nitrogen and oxygen atoms in total. The molecule has 36 valence electrons. The maximum absolute atomic E-state index is 3.25. The first-order valence-electron chi connectivity index (χ1n) is 1.41. The maximum atomic E-state index is 3.25. The van der Waals surface area contributed by atoms with Crippen molar-refractivity contribution in [1.29, 1.82) is 0 Å². The number of rotatable bonds is 0. The SMILES string of the molecule is S.[CH2-]C.[CH2-]C.[Zn+2]. The van der Waals surface area contributed by atoms with Crippen molar-refractivity contribution in [3.8, 4) is 0 Å². The minimum absolute atomic E-state index is 0. The Labute approximate surface area is 60.9 Å². The summed E-state index contributed by atoms with van der Waals surface area (Å²) in [5.74, 6) is 0. The van der Waals surface area contributed by atoms with Gasteiger partial charge in [-0.05, 0) is 0 Å². The zero-order valence-electron chi connectivity index (χ0n) is 4.62. The standard InChI is InChI=1S/2C2H5.H2S.Zn/c2*1-2;;/h2*1H2,2H3;1H2;/q2*-1;;+2. The van der Waals surface area contributed by atoms with Gasteiger partial charge in [-0.3, -0.25) is 0 Å². The fraction of sp³-hybridized carbons (Fsp3) is 0.500. The van der Waals surface area contributed by atoms with Crippen LogP contribution in [0.1, 0.15) is 13.8 Å². The van der Waals surface area contributed by atoms with Crippen LogP contribution in [0.15, 0.2) is 0 Å². The van der Waals surface area contributed by atoms with Gasteiger partial charge in [-0.1, -0.05) is 0 Å². The Hall–Kier alpha value is 0.973. The molecule has 6 heavy (non-hydrogen) atoms. The molecule has 0 amide bonds. The Kier molecular flexibility index (Phi) is 731. The second-order valence-corrected chi connectivity index (χ2v) is 0. The zero-order chi connectivity index (χ0) is 4.00. The van der Waals surface area contributed by atoms with Gasteiger partial charge in [0, 0.05) is 0 Å². The van der Waals surface area contributed by atoms with Crippen LogP contribution in [0.5, 0.6) is 0 Å². The van der Waals surface area contributed by atoms with E-state index in [4.69, 9.17) is 0 Å². The van der Waals surface area contributed by atoms with Crippen molar-refractivity contribution in [3.05, 3.63) is 13.8 Å². The summed E-state index contributed by atoms with van der Waals surface area (Å²) in [7, 11) is 0. The summed E-state index contributed by atoms with van der Waals surface area (Å²) in [5, 5.41) is 0. The van der Waals surface area contributed by atoms with Crippen molar-refractivity contribution in [2.45, 2.75) is 13.8 Å². The summed E-state index contributed by atoms with van der Waals surface area (Å²) in [6.45, 7) is 10.0. The average molecular weight is 158 g/mol. The predicted molar refractivity (Wildman–Crippen MR) is 32.4 cm³/mol. The summed E-state index contributed by atoms with van der Waals surface area (Å²) in [6.07, 6.45) is 0. The van der Waals surface area contributed by atoms with E-state index >= 15 is 0 Å².